The maximum absolute atomic E-state index is 4.54. The molecule has 4 heteroatoms. The van der Waals surface area contributed by atoms with Crippen LogP contribution >= 0.6 is 0 Å². The molecule has 2 N–H and O–H groups in total. The fourth-order valence-corrected chi connectivity index (χ4v) is 2.27. The third-order valence-electron chi connectivity index (χ3n) is 3.38. The second-order valence-corrected chi connectivity index (χ2v) is 5.01. The van der Waals surface area contributed by atoms with Gasteiger partial charge >= 0.3 is 0 Å². The van der Waals surface area contributed by atoms with Crippen LogP contribution in [-0.2, 0) is 6.54 Å². The van der Waals surface area contributed by atoms with Gasteiger partial charge in [-0.1, -0.05) is 42.0 Å². The monoisotopic (exact) mass is 278 g/mol. The van der Waals surface area contributed by atoms with E-state index >= 15 is 0 Å². The molecule has 1 aromatic heterocycles. The van der Waals surface area contributed by atoms with Gasteiger partial charge in [0.2, 0.25) is 5.95 Å². The van der Waals surface area contributed by atoms with Crippen molar-refractivity contribution in [2.45, 2.75) is 13.5 Å². The average molecular weight is 278 g/mol. The third kappa shape index (κ3) is 2.94. The van der Waals surface area contributed by atoms with Gasteiger partial charge in [-0.2, -0.15) is 4.98 Å². The van der Waals surface area contributed by atoms with E-state index < -0.39 is 0 Å². The molecule has 1 heterocycles. The lowest BCUT2D eigenvalue weighted by molar-refractivity contribution is 1.10. The Labute approximate surface area is 124 Å². The summed E-state index contributed by atoms with van der Waals surface area (Å²) in [5.41, 5.74) is 3.37. The van der Waals surface area contributed by atoms with Crippen LogP contribution in [0.5, 0.6) is 0 Å². The van der Waals surface area contributed by atoms with Crippen molar-refractivity contribution in [1.29, 1.82) is 0 Å². The van der Waals surface area contributed by atoms with E-state index in [1.165, 1.54) is 11.1 Å². The summed E-state index contributed by atoms with van der Waals surface area (Å²) in [5, 5.41) is 7.47. The Morgan fingerprint density at radius 1 is 1.00 bits per heavy atom. The first kappa shape index (κ1) is 13.4. The quantitative estimate of drug-likeness (QED) is 0.765. The number of nitrogens with zero attached hydrogens (tertiary/aromatic N) is 2. The highest BCUT2D eigenvalue weighted by Crippen LogP contribution is 2.23. The zero-order valence-corrected chi connectivity index (χ0v) is 12.2. The fraction of sp³-hybridized carbons (Fsp3) is 0.176. The number of nitrogens with one attached hydrogen (secondary N) is 2. The zero-order valence-electron chi connectivity index (χ0n) is 12.2. The van der Waals surface area contributed by atoms with Crippen LogP contribution < -0.4 is 10.6 Å². The Hall–Kier alpha value is -2.62. The van der Waals surface area contributed by atoms with E-state index in [-0.39, 0.29) is 0 Å². The molecule has 0 atom stereocenters. The number of benzene rings is 2. The SMILES string of the molecule is CNc1nc(NCc2ccccc2)c2cc(C)ccc2n1. The highest BCUT2D eigenvalue weighted by atomic mass is 15.1. The van der Waals surface area contributed by atoms with Crippen molar-refractivity contribution in [1.82, 2.24) is 9.97 Å². The molecule has 3 rings (SSSR count). The number of hydrogen-bond donors (Lipinski definition) is 2. The van der Waals surface area contributed by atoms with Gasteiger partial charge in [-0.3, -0.25) is 0 Å². The first-order chi connectivity index (χ1) is 10.3. The predicted molar refractivity (Wildman–Crippen MR) is 87.6 cm³/mol. The Morgan fingerprint density at radius 3 is 2.57 bits per heavy atom. The molecule has 0 aliphatic heterocycles. The molecule has 0 aliphatic rings. The van der Waals surface area contributed by atoms with Gasteiger partial charge in [-0.05, 0) is 24.6 Å². The lowest BCUT2D eigenvalue weighted by atomic mass is 10.1. The van der Waals surface area contributed by atoms with E-state index in [9.17, 15) is 0 Å². The fourth-order valence-electron chi connectivity index (χ4n) is 2.27. The van der Waals surface area contributed by atoms with Crippen LogP contribution in [0, 0.1) is 6.92 Å². The summed E-state index contributed by atoms with van der Waals surface area (Å²) in [4.78, 5) is 9.03. The van der Waals surface area contributed by atoms with Gasteiger partial charge in [0.15, 0.2) is 0 Å². The Morgan fingerprint density at radius 2 is 1.81 bits per heavy atom. The minimum Gasteiger partial charge on any atom is -0.365 e. The lowest BCUT2D eigenvalue weighted by Gasteiger charge is -2.11. The molecule has 0 saturated heterocycles. The summed E-state index contributed by atoms with van der Waals surface area (Å²) in [6.45, 7) is 2.82. The summed E-state index contributed by atoms with van der Waals surface area (Å²) in [7, 11) is 1.83. The molecule has 0 aliphatic carbocycles. The Kier molecular flexibility index (Phi) is 3.69. The smallest absolute Gasteiger partial charge is 0.224 e. The number of fused-ring (bicyclic) bond motifs is 1. The summed E-state index contributed by atoms with van der Waals surface area (Å²) in [5.74, 6) is 1.49. The molecule has 106 valence electrons. The standard InChI is InChI=1S/C17H18N4/c1-12-8-9-15-14(10-12)16(21-17(18-2)20-15)19-11-13-6-4-3-5-7-13/h3-10H,11H2,1-2H3,(H2,18,19,20,21). The summed E-state index contributed by atoms with van der Waals surface area (Å²) >= 11 is 0. The third-order valence-corrected chi connectivity index (χ3v) is 3.38. The molecule has 4 nitrogen and oxygen atoms in total. The van der Waals surface area contributed by atoms with E-state index in [1.54, 1.807) is 0 Å². The molecule has 0 unspecified atom stereocenters. The lowest BCUT2D eigenvalue weighted by Crippen LogP contribution is -2.05. The zero-order chi connectivity index (χ0) is 14.7. The van der Waals surface area contributed by atoms with Gasteiger partial charge in [-0.25, -0.2) is 4.98 Å². The van der Waals surface area contributed by atoms with Crippen molar-refractivity contribution in [3.05, 3.63) is 59.7 Å². The second-order valence-electron chi connectivity index (χ2n) is 5.01. The molecule has 0 bridgehead atoms. The molecule has 0 radical (unpaired) electrons. The minimum atomic E-state index is 0.627. The molecule has 0 saturated carbocycles. The van der Waals surface area contributed by atoms with Gasteiger partial charge in [-0.15, -0.1) is 0 Å². The van der Waals surface area contributed by atoms with Crippen LogP contribution in [0.15, 0.2) is 48.5 Å². The number of anilines is 2. The molecule has 0 amide bonds. The summed E-state index contributed by atoms with van der Waals surface area (Å²) in [6, 6.07) is 16.5. The minimum absolute atomic E-state index is 0.627. The molecule has 0 fully saturated rings. The summed E-state index contributed by atoms with van der Waals surface area (Å²) in [6.07, 6.45) is 0. The van der Waals surface area contributed by atoms with E-state index in [2.05, 4.69) is 51.8 Å². The number of aryl methyl sites for hydroxylation is 1. The highest BCUT2D eigenvalue weighted by Gasteiger charge is 2.07. The average Bonchev–Trinajstić information content (AvgIpc) is 2.53. The van der Waals surface area contributed by atoms with E-state index in [0.717, 1.165) is 23.3 Å². The maximum atomic E-state index is 4.54. The van der Waals surface area contributed by atoms with Gasteiger partial charge in [0.1, 0.15) is 5.82 Å². The normalized spacial score (nSPS) is 10.6. The van der Waals surface area contributed by atoms with Crippen molar-refractivity contribution in [3.63, 3.8) is 0 Å². The van der Waals surface area contributed by atoms with Crippen molar-refractivity contribution >= 4 is 22.7 Å². The first-order valence-corrected chi connectivity index (χ1v) is 7.00. The van der Waals surface area contributed by atoms with Gasteiger partial charge in [0, 0.05) is 19.0 Å². The maximum Gasteiger partial charge on any atom is 0.224 e. The van der Waals surface area contributed by atoms with Crippen LogP contribution in [0.4, 0.5) is 11.8 Å². The van der Waals surface area contributed by atoms with Crippen molar-refractivity contribution in [2.24, 2.45) is 0 Å². The Bertz CT molecular complexity index is 753. The van der Waals surface area contributed by atoms with E-state index in [1.807, 2.05) is 31.3 Å². The van der Waals surface area contributed by atoms with Crippen LogP contribution in [0.3, 0.4) is 0 Å². The molecule has 3 aromatic rings. The number of rotatable bonds is 4. The predicted octanol–water partition coefficient (Wildman–Crippen LogP) is 3.59. The molecule has 2 aromatic carbocycles. The first-order valence-electron chi connectivity index (χ1n) is 7.00. The van der Waals surface area contributed by atoms with Crippen LogP contribution in [0.25, 0.3) is 10.9 Å². The van der Waals surface area contributed by atoms with E-state index in [4.69, 9.17) is 0 Å². The van der Waals surface area contributed by atoms with E-state index in [0.29, 0.717) is 5.95 Å². The van der Waals surface area contributed by atoms with Gasteiger partial charge in [0.05, 0.1) is 5.52 Å². The van der Waals surface area contributed by atoms with Crippen molar-refractivity contribution in [2.75, 3.05) is 17.7 Å². The summed E-state index contributed by atoms with van der Waals surface area (Å²) < 4.78 is 0. The molecular weight excluding hydrogens is 260 g/mol. The number of aromatic nitrogens is 2. The van der Waals surface area contributed by atoms with Gasteiger partial charge in [0.25, 0.3) is 0 Å². The second kappa shape index (κ2) is 5.79. The van der Waals surface area contributed by atoms with Crippen molar-refractivity contribution < 1.29 is 0 Å². The molecule has 21 heavy (non-hydrogen) atoms. The topological polar surface area (TPSA) is 49.8 Å². The van der Waals surface area contributed by atoms with Crippen molar-refractivity contribution in [3.8, 4) is 0 Å². The largest absolute Gasteiger partial charge is 0.365 e. The molecular formula is C17H18N4. The van der Waals surface area contributed by atoms with Crippen LogP contribution in [0.2, 0.25) is 0 Å². The Balaban J connectivity index is 1.97. The number of hydrogen-bond acceptors (Lipinski definition) is 4. The van der Waals surface area contributed by atoms with Gasteiger partial charge < -0.3 is 10.6 Å². The highest BCUT2D eigenvalue weighted by molar-refractivity contribution is 5.90. The van der Waals surface area contributed by atoms with Crippen LogP contribution in [-0.4, -0.2) is 17.0 Å². The van der Waals surface area contributed by atoms with Crippen LogP contribution in [0.1, 0.15) is 11.1 Å². The molecule has 0 spiro atoms.